The summed E-state index contributed by atoms with van der Waals surface area (Å²) in [4.78, 5) is 15.3. The second-order valence-corrected chi connectivity index (χ2v) is 4.71. The van der Waals surface area contributed by atoms with Gasteiger partial charge in [-0.1, -0.05) is 0 Å². The molecule has 6 nitrogen and oxygen atoms in total. The molecule has 0 fully saturated rings. The Hall–Kier alpha value is -2.89. The number of carbonyl (C=O) groups excluding carboxylic acids is 1. The second-order valence-electron chi connectivity index (χ2n) is 4.71. The second kappa shape index (κ2) is 5.85. The number of hydrogen-bond donors (Lipinski definition) is 2. The van der Waals surface area contributed by atoms with Crippen LogP contribution in [0.2, 0.25) is 0 Å². The van der Waals surface area contributed by atoms with Crippen molar-refractivity contribution in [3.63, 3.8) is 0 Å². The van der Waals surface area contributed by atoms with Gasteiger partial charge in [0.25, 0.3) is 5.91 Å². The van der Waals surface area contributed by atoms with Crippen molar-refractivity contribution in [3.8, 4) is 11.5 Å². The number of benzene rings is 1. The van der Waals surface area contributed by atoms with Gasteiger partial charge in [0, 0.05) is 5.39 Å². The Morgan fingerprint density at radius 3 is 2.82 bits per heavy atom. The molecule has 0 radical (unpaired) electrons. The number of aromatic nitrogens is 1. The zero-order valence-electron chi connectivity index (χ0n) is 12.3. The van der Waals surface area contributed by atoms with E-state index < -0.39 is 0 Å². The van der Waals surface area contributed by atoms with Crippen LogP contribution >= 0.6 is 0 Å². The van der Waals surface area contributed by atoms with E-state index in [1.54, 1.807) is 44.7 Å². The minimum absolute atomic E-state index is 0.214. The van der Waals surface area contributed by atoms with Gasteiger partial charge in [-0.25, -0.2) is 0 Å². The SMILES string of the molecule is COc1ccc2[nH]c(C(=O)NCc3ccco3)cc2c1OC. The minimum Gasteiger partial charge on any atom is -0.493 e. The third-order valence-corrected chi connectivity index (χ3v) is 3.39. The van der Waals surface area contributed by atoms with Gasteiger partial charge in [0.2, 0.25) is 0 Å². The Morgan fingerprint density at radius 2 is 2.14 bits per heavy atom. The van der Waals surface area contributed by atoms with Crippen LogP contribution in [0, 0.1) is 0 Å². The van der Waals surface area contributed by atoms with Crippen LogP contribution < -0.4 is 14.8 Å². The summed E-state index contributed by atoms with van der Waals surface area (Å²) in [5.74, 6) is 1.70. The molecule has 3 aromatic rings. The molecule has 0 aliphatic carbocycles. The number of fused-ring (bicyclic) bond motifs is 1. The Bertz CT molecular complexity index is 790. The van der Waals surface area contributed by atoms with Crippen molar-refractivity contribution < 1.29 is 18.7 Å². The molecule has 0 spiro atoms. The highest BCUT2D eigenvalue weighted by molar-refractivity contribution is 6.00. The lowest BCUT2D eigenvalue weighted by Crippen LogP contribution is -2.22. The van der Waals surface area contributed by atoms with Crippen LogP contribution in [0.4, 0.5) is 0 Å². The molecule has 1 amide bonds. The highest BCUT2D eigenvalue weighted by atomic mass is 16.5. The smallest absolute Gasteiger partial charge is 0.268 e. The first-order valence-corrected chi connectivity index (χ1v) is 6.77. The van der Waals surface area contributed by atoms with Gasteiger partial charge < -0.3 is 24.2 Å². The number of rotatable bonds is 5. The van der Waals surface area contributed by atoms with Gasteiger partial charge >= 0.3 is 0 Å². The molecule has 2 aromatic heterocycles. The fourth-order valence-corrected chi connectivity index (χ4v) is 2.33. The number of methoxy groups -OCH3 is 2. The summed E-state index contributed by atoms with van der Waals surface area (Å²) in [6, 6.07) is 8.97. The van der Waals surface area contributed by atoms with Crippen LogP contribution in [0.25, 0.3) is 10.9 Å². The number of H-pyrrole nitrogens is 1. The van der Waals surface area contributed by atoms with E-state index in [9.17, 15) is 4.79 Å². The van der Waals surface area contributed by atoms with Crippen molar-refractivity contribution in [2.24, 2.45) is 0 Å². The first-order valence-electron chi connectivity index (χ1n) is 6.77. The average molecular weight is 300 g/mol. The van der Waals surface area contributed by atoms with Gasteiger partial charge in [-0.2, -0.15) is 0 Å². The van der Waals surface area contributed by atoms with E-state index in [0.717, 1.165) is 10.9 Å². The number of aromatic amines is 1. The van der Waals surface area contributed by atoms with Gasteiger partial charge in [-0.3, -0.25) is 4.79 Å². The van der Waals surface area contributed by atoms with Gasteiger partial charge in [0.05, 0.1) is 32.5 Å². The van der Waals surface area contributed by atoms with Crippen LogP contribution in [-0.2, 0) is 6.54 Å². The molecule has 0 aliphatic heterocycles. The average Bonchev–Trinajstić information content (AvgIpc) is 3.20. The number of nitrogens with one attached hydrogen (secondary N) is 2. The number of furan rings is 1. The molecular formula is C16H16N2O4. The summed E-state index contributed by atoms with van der Waals surface area (Å²) < 4.78 is 15.8. The predicted molar refractivity (Wildman–Crippen MR) is 81.3 cm³/mol. The Morgan fingerprint density at radius 1 is 1.27 bits per heavy atom. The van der Waals surface area contributed by atoms with Crippen LogP contribution in [0.3, 0.4) is 0 Å². The summed E-state index contributed by atoms with van der Waals surface area (Å²) >= 11 is 0. The van der Waals surface area contributed by atoms with E-state index in [2.05, 4.69) is 10.3 Å². The number of hydrogen-bond acceptors (Lipinski definition) is 4. The first kappa shape index (κ1) is 14.1. The summed E-state index contributed by atoms with van der Waals surface area (Å²) in [5, 5.41) is 3.59. The molecule has 0 atom stereocenters. The molecule has 3 rings (SSSR count). The molecule has 0 unspecified atom stereocenters. The van der Waals surface area contributed by atoms with Gasteiger partial charge in [-0.15, -0.1) is 0 Å². The normalized spacial score (nSPS) is 10.6. The lowest BCUT2D eigenvalue weighted by molar-refractivity contribution is 0.0944. The Kier molecular flexibility index (Phi) is 3.74. The Labute approximate surface area is 127 Å². The maximum atomic E-state index is 12.2. The van der Waals surface area contributed by atoms with Crippen molar-refractivity contribution >= 4 is 16.8 Å². The van der Waals surface area contributed by atoms with Crippen LogP contribution in [-0.4, -0.2) is 25.1 Å². The number of amides is 1. The molecule has 2 heterocycles. The standard InChI is InChI=1S/C16H16N2O4/c1-20-14-6-5-12-11(15(14)21-2)8-13(18-12)16(19)17-9-10-4-3-7-22-10/h3-8,18H,9H2,1-2H3,(H,17,19). The molecule has 1 aromatic carbocycles. The number of ether oxygens (including phenoxy) is 2. The molecule has 0 aliphatic rings. The summed E-state index contributed by atoms with van der Waals surface area (Å²) in [6.07, 6.45) is 1.57. The van der Waals surface area contributed by atoms with Crippen molar-refractivity contribution in [1.82, 2.24) is 10.3 Å². The fourth-order valence-electron chi connectivity index (χ4n) is 2.33. The van der Waals surface area contributed by atoms with Crippen molar-refractivity contribution in [2.75, 3.05) is 14.2 Å². The molecule has 6 heteroatoms. The Balaban J connectivity index is 1.86. The summed E-state index contributed by atoms with van der Waals surface area (Å²) in [7, 11) is 3.15. The molecule has 2 N–H and O–H groups in total. The molecule has 114 valence electrons. The van der Waals surface area contributed by atoms with Crippen molar-refractivity contribution in [2.45, 2.75) is 6.54 Å². The lowest BCUT2D eigenvalue weighted by Gasteiger charge is -2.07. The van der Waals surface area contributed by atoms with E-state index in [0.29, 0.717) is 29.5 Å². The van der Waals surface area contributed by atoms with Gasteiger partial charge in [-0.05, 0) is 30.3 Å². The van der Waals surface area contributed by atoms with Crippen LogP contribution in [0.1, 0.15) is 16.2 Å². The molecular weight excluding hydrogens is 284 g/mol. The highest BCUT2D eigenvalue weighted by Crippen LogP contribution is 2.35. The minimum atomic E-state index is -0.214. The third-order valence-electron chi connectivity index (χ3n) is 3.39. The van der Waals surface area contributed by atoms with E-state index >= 15 is 0 Å². The zero-order valence-corrected chi connectivity index (χ0v) is 12.3. The molecule has 22 heavy (non-hydrogen) atoms. The quantitative estimate of drug-likeness (QED) is 0.759. The number of carbonyl (C=O) groups is 1. The van der Waals surface area contributed by atoms with E-state index in [1.165, 1.54) is 0 Å². The predicted octanol–water partition coefficient (Wildman–Crippen LogP) is 2.71. The molecule has 0 bridgehead atoms. The first-order chi connectivity index (χ1) is 10.7. The molecule has 0 saturated heterocycles. The monoisotopic (exact) mass is 300 g/mol. The molecule has 0 saturated carbocycles. The highest BCUT2D eigenvalue weighted by Gasteiger charge is 2.15. The summed E-state index contributed by atoms with van der Waals surface area (Å²) in [6.45, 7) is 0.335. The van der Waals surface area contributed by atoms with E-state index in [1.807, 2.05) is 6.07 Å². The zero-order chi connectivity index (χ0) is 15.5. The van der Waals surface area contributed by atoms with Gasteiger partial charge in [0.15, 0.2) is 11.5 Å². The van der Waals surface area contributed by atoms with Crippen LogP contribution in [0.15, 0.2) is 41.0 Å². The van der Waals surface area contributed by atoms with Gasteiger partial charge in [0.1, 0.15) is 11.5 Å². The third kappa shape index (κ3) is 2.50. The van der Waals surface area contributed by atoms with Crippen molar-refractivity contribution in [1.29, 1.82) is 0 Å². The van der Waals surface area contributed by atoms with Crippen molar-refractivity contribution in [3.05, 3.63) is 48.0 Å². The largest absolute Gasteiger partial charge is 0.493 e. The maximum absolute atomic E-state index is 12.2. The maximum Gasteiger partial charge on any atom is 0.268 e. The van der Waals surface area contributed by atoms with E-state index in [4.69, 9.17) is 13.9 Å². The topological polar surface area (TPSA) is 76.5 Å². The lowest BCUT2D eigenvalue weighted by atomic mass is 10.2. The van der Waals surface area contributed by atoms with E-state index in [-0.39, 0.29) is 5.91 Å². The van der Waals surface area contributed by atoms with Crippen LogP contribution in [0.5, 0.6) is 11.5 Å². The fraction of sp³-hybridized carbons (Fsp3) is 0.188. The summed E-state index contributed by atoms with van der Waals surface area (Å²) in [5.41, 5.74) is 1.26.